The van der Waals surface area contributed by atoms with Crippen molar-refractivity contribution in [1.29, 1.82) is 5.26 Å². The number of carbonyl (C=O) groups is 1. The van der Waals surface area contributed by atoms with Crippen LogP contribution in [0.1, 0.15) is 21.8 Å². The number of aromatic nitrogens is 1. The molecular weight excluding hydrogens is 267 g/mol. The van der Waals surface area contributed by atoms with Gasteiger partial charge in [-0.2, -0.15) is 5.26 Å². The Morgan fingerprint density at radius 3 is 2.63 bits per heavy atom. The van der Waals surface area contributed by atoms with Crippen LogP contribution in [0.2, 0.25) is 5.02 Å². The first kappa shape index (κ1) is 13.2. The molecule has 19 heavy (non-hydrogen) atoms. The van der Waals surface area contributed by atoms with Crippen molar-refractivity contribution in [1.82, 2.24) is 4.98 Å². The number of halogens is 2. The first-order valence-electron chi connectivity index (χ1n) is 5.43. The van der Waals surface area contributed by atoms with Crippen molar-refractivity contribution in [2.45, 2.75) is 5.92 Å². The quantitative estimate of drug-likeness (QED) is 0.807. The molecule has 1 unspecified atom stereocenters. The lowest BCUT2D eigenvalue weighted by atomic mass is 9.92. The van der Waals surface area contributed by atoms with Gasteiger partial charge in [0.15, 0.2) is 11.6 Å². The largest absolute Gasteiger partial charge is 0.292 e. The number of hydrogen-bond acceptors (Lipinski definition) is 3. The molecule has 1 aromatic carbocycles. The zero-order chi connectivity index (χ0) is 13.8. The molecule has 0 saturated heterocycles. The summed E-state index contributed by atoms with van der Waals surface area (Å²) >= 11 is 5.63. The number of carbonyl (C=O) groups excluding carboxylic acids is 1. The standard InChI is InChI=1S/C14H8ClFN2O/c15-12-3-1-2-10(13(12)16)14(19)11(8-17)9-4-6-18-7-5-9/h1-7,11H. The Balaban J connectivity index is 2.43. The topological polar surface area (TPSA) is 53.8 Å². The second kappa shape index (κ2) is 5.59. The molecule has 0 saturated carbocycles. The number of Topliss-reactive ketones (excluding diaryl/α,β-unsaturated/α-hetero) is 1. The molecule has 0 fully saturated rings. The Morgan fingerprint density at radius 1 is 1.32 bits per heavy atom. The number of nitrogens with zero attached hydrogens (tertiary/aromatic N) is 2. The molecule has 3 nitrogen and oxygen atoms in total. The highest BCUT2D eigenvalue weighted by atomic mass is 35.5. The first-order chi connectivity index (χ1) is 9.15. The average molecular weight is 275 g/mol. The number of hydrogen-bond donors (Lipinski definition) is 0. The maximum atomic E-state index is 13.8. The molecule has 0 aliphatic rings. The summed E-state index contributed by atoms with van der Waals surface area (Å²) in [4.78, 5) is 16.0. The van der Waals surface area contributed by atoms with E-state index in [1.54, 1.807) is 12.1 Å². The molecule has 0 aliphatic carbocycles. The van der Waals surface area contributed by atoms with Crippen LogP contribution in [0.4, 0.5) is 4.39 Å². The molecule has 0 amide bonds. The van der Waals surface area contributed by atoms with Crippen LogP contribution in [-0.2, 0) is 0 Å². The van der Waals surface area contributed by atoms with Gasteiger partial charge in [0.1, 0.15) is 5.92 Å². The van der Waals surface area contributed by atoms with E-state index in [1.165, 1.54) is 30.6 Å². The minimum Gasteiger partial charge on any atom is -0.292 e. The van der Waals surface area contributed by atoms with Crippen LogP contribution in [0.3, 0.4) is 0 Å². The van der Waals surface area contributed by atoms with Crippen molar-refractivity contribution >= 4 is 17.4 Å². The number of nitriles is 1. The molecule has 94 valence electrons. The molecular formula is C14H8ClFN2O. The lowest BCUT2D eigenvalue weighted by molar-refractivity contribution is 0.0975. The van der Waals surface area contributed by atoms with Crippen molar-refractivity contribution in [2.24, 2.45) is 0 Å². The fraction of sp³-hybridized carbons (Fsp3) is 0.0714. The van der Waals surface area contributed by atoms with Crippen LogP contribution < -0.4 is 0 Å². The molecule has 0 N–H and O–H groups in total. The molecule has 0 aliphatic heterocycles. The predicted molar refractivity (Wildman–Crippen MR) is 68.3 cm³/mol. The fourth-order valence-corrected chi connectivity index (χ4v) is 1.86. The summed E-state index contributed by atoms with van der Waals surface area (Å²) in [6.45, 7) is 0. The average Bonchev–Trinajstić information content (AvgIpc) is 2.44. The zero-order valence-electron chi connectivity index (χ0n) is 9.68. The van der Waals surface area contributed by atoms with E-state index in [0.29, 0.717) is 5.56 Å². The number of rotatable bonds is 3. The van der Waals surface area contributed by atoms with E-state index in [0.717, 1.165) is 0 Å². The molecule has 1 atom stereocenters. The van der Waals surface area contributed by atoms with Crippen molar-refractivity contribution in [3.05, 3.63) is 64.7 Å². The van der Waals surface area contributed by atoms with E-state index in [2.05, 4.69) is 4.98 Å². The first-order valence-corrected chi connectivity index (χ1v) is 5.80. The van der Waals surface area contributed by atoms with Crippen molar-refractivity contribution in [3.8, 4) is 6.07 Å². The maximum Gasteiger partial charge on any atom is 0.187 e. The van der Waals surface area contributed by atoms with Crippen LogP contribution >= 0.6 is 11.6 Å². The van der Waals surface area contributed by atoms with E-state index in [4.69, 9.17) is 16.9 Å². The summed E-state index contributed by atoms with van der Waals surface area (Å²) < 4.78 is 13.8. The summed E-state index contributed by atoms with van der Waals surface area (Å²) in [7, 11) is 0. The number of pyridine rings is 1. The Labute approximate surface area is 114 Å². The van der Waals surface area contributed by atoms with Gasteiger partial charge in [-0.1, -0.05) is 17.7 Å². The highest BCUT2D eigenvalue weighted by Crippen LogP contribution is 2.24. The van der Waals surface area contributed by atoms with Crippen molar-refractivity contribution in [3.63, 3.8) is 0 Å². The van der Waals surface area contributed by atoms with Crippen LogP contribution in [0.5, 0.6) is 0 Å². The number of ketones is 1. The third-order valence-electron chi connectivity index (χ3n) is 2.65. The van der Waals surface area contributed by atoms with Gasteiger partial charge in [-0.25, -0.2) is 4.39 Å². The normalized spacial score (nSPS) is 11.6. The molecule has 2 rings (SSSR count). The summed E-state index contributed by atoms with van der Waals surface area (Å²) in [6, 6.07) is 9.11. The molecule has 2 aromatic rings. The van der Waals surface area contributed by atoms with Gasteiger partial charge >= 0.3 is 0 Å². The van der Waals surface area contributed by atoms with E-state index >= 15 is 0 Å². The maximum absolute atomic E-state index is 13.8. The molecule has 1 aromatic heterocycles. The third kappa shape index (κ3) is 2.61. The van der Waals surface area contributed by atoms with Crippen LogP contribution in [0, 0.1) is 17.1 Å². The molecule has 5 heteroatoms. The van der Waals surface area contributed by atoms with E-state index in [9.17, 15) is 9.18 Å². The van der Waals surface area contributed by atoms with Gasteiger partial charge in [-0.3, -0.25) is 9.78 Å². The van der Waals surface area contributed by atoms with Gasteiger partial charge < -0.3 is 0 Å². The van der Waals surface area contributed by atoms with Gasteiger partial charge in [0.25, 0.3) is 0 Å². The predicted octanol–water partition coefficient (Wildman–Crippen LogP) is 3.36. The van der Waals surface area contributed by atoms with Crippen LogP contribution in [0.15, 0.2) is 42.7 Å². The minimum absolute atomic E-state index is 0.141. The second-order valence-corrected chi connectivity index (χ2v) is 4.22. The fourth-order valence-electron chi connectivity index (χ4n) is 1.69. The van der Waals surface area contributed by atoms with E-state index in [1.807, 2.05) is 6.07 Å². The monoisotopic (exact) mass is 274 g/mol. The lowest BCUT2D eigenvalue weighted by Crippen LogP contribution is -2.13. The lowest BCUT2D eigenvalue weighted by Gasteiger charge is -2.09. The molecule has 0 spiro atoms. The molecule has 1 heterocycles. The second-order valence-electron chi connectivity index (χ2n) is 3.81. The Hall–Kier alpha value is -2.25. The third-order valence-corrected chi connectivity index (χ3v) is 2.94. The molecule has 0 bridgehead atoms. The van der Waals surface area contributed by atoms with Gasteiger partial charge in [-0.05, 0) is 29.8 Å². The van der Waals surface area contributed by atoms with Crippen molar-refractivity contribution < 1.29 is 9.18 Å². The SMILES string of the molecule is N#CC(C(=O)c1cccc(Cl)c1F)c1ccncc1. The molecule has 0 radical (unpaired) electrons. The van der Waals surface area contributed by atoms with Gasteiger partial charge in [0, 0.05) is 12.4 Å². The zero-order valence-corrected chi connectivity index (χ0v) is 10.4. The van der Waals surface area contributed by atoms with Crippen LogP contribution in [-0.4, -0.2) is 10.8 Å². The van der Waals surface area contributed by atoms with Gasteiger partial charge in [-0.15, -0.1) is 0 Å². The van der Waals surface area contributed by atoms with E-state index in [-0.39, 0.29) is 10.6 Å². The summed E-state index contributed by atoms with van der Waals surface area (Å²) in [5.41, 5.74) is 0.290. The number of benzene rings is 1. The highest BCUT2D eigenvalue weighted by Gasteiger charge is 2.25. The van der Waals surface area contributed by atoms with Crippen molar-refractivity contribution in [2.75, 3.05) is 0 Å². The van der Waals surface area contributed by atoms with E-state index < -0.39 is 17.5 Å². The smallest absolute Gasteiger partial charge is 0.187 e. The Morgan fingerprint density at radius 2 is 2.00 bits per heavy atom. The van der Waals surface area contributed by atoms with Crippen LogP contribution in [0.25, 0.3) is 0 Å². The van der Waals surface area contributed by atoms with Gasteiger partial charge in [0.05, 0.1) is 16.7 Å². The minimum atomic E-state index is -1.07. The van der Waals surface area contributed by atoms with Gasteiger partial charge in [0.2, 0.25) is 0 Å². The summed E-state index contributed by atoms with van der Waals surface area (Å²) in [6.07, 6.45) is 2.95. The summed E-state index contributed by atoms with van der Waals surface area (Å²) in [5, 5.41) is 8.98. The Kier molecular flexibility index (Phi) is 3.88. The summed E-state index contributed by atoms with van der Waals surface area (Å²) in [5.74, 6) is -2.49. The Bertz CT molecular complexity index is 652. The highest BCUT2D eigenvalue weighted by molar-refractivity contribution is 6.31.